The van der Waals surface area contributed by atoms with Crippen molar-refractivity contribution in [3.63, 3.8) is 0 Å². The van der Waals surface area contributed by atoms with Gasteiger partial charge in [0.2, 0.25) is 5.89 Å². The molecular weight excluding hydrogens is 282 g/mol. The van der Waals surface area contributed by atoms with E-state index in [1.807, 2.05) is 11.8 Å². The second kappa shape index (κ2) is 6.52. The molecule has 1 aliphatic heterocycles. The van der Waals surface area contributed by atoms with E-state index in [0.717, 1.165) is 36.2 Å². The number of para-hydroxylation sites is 1. The maximum atomic E-state index is 5.40. The molecule has 4 nitrogen and oxygen atoms in total. The molecule has 1 aliphatic rings. The predicted octanol–water partition coefficient (Wildman–Crippen LogP) is 3.71. The maximum Gasteiger partial charge on any atom is 0.227 e. The van der Waals surface area contributed by atoms with Gasteiger partial charge in [-0.25, -0.2) is 0 Å². The van der Waals surface area contributed by atoms with Gasteiger partial charge in [0.15, 0.2) is 5.82 Å². The summed E-state index contributed by atoms with van der Waals surface area (Å²) >= 11 is 1.86. The van der Waals surface area contributed by atoms with Gasteiger partial charge in [-0.05, 0) is 23.3 Å². The largest absolute Gasteiger partial charge is 0.384 e. The predicted molar refractivity (Wildman–Crippen MR) is 86.7 cm³/mol. The van der Waals surface area contributed by atoms with Crippen molar-refractivity contribution in [2.75, 3.05) is 17.6 Å². The van der Waals surface area contributed by atoms with Crippen molar-refractivity contribution in [1.29, 1.82) is 0 Å². The first-order chi connectivity index (χ1) is 10.2. The number of anilines is 1. The van der Waals surface area contributed by atoms with Gasteiger partial charge in [0.25, 0.3) is 0 Å². The van der Waals surface area contributed by atoms with Gasteiger partial charge in [0, 0.05) is 24.6 Å². The Hall–Kier alpha value is -1.49. The lowest BCUT2D eigenvalue weighted by molar-refractivity contribution is 0.368. The molecule has 0 fully saturated rings. The van der Waals surface area contributed by atoms with Crippen LogP contribution in [-0.2, 0) is 12.2 Å². The molecule has 0 spiro atoms. The molecule has 0 amide bonds. The van der Waals surface area contributed by atoms with Crippen LogP contribution in [0.2, 0.25) is 0 Å². The summed E-state index contributed by atoms with van der Waals surface area (Å²) in [6.07, 6.45) is 0.811. The molecule has 112 valence electrons. The summed E-state index contributed by atoms with van der Waals surface area (Å²) in [5.41, 5.74) is 2.58. The molecule has 0 radical (unpaired) electrons. The van der Waals surface area contributed by atoms with Crippen LogP contribution in [0, 0.1) is 5.92 Å². The Morgan fingerprint density at radius 1 is 1.38 bits per heavy atom. The van der Waals surface area contributed by atoms with Crippen molar-refractivity contribution >= 4 is 17.4 Å². The Balaban J connectivity index is 1.58. The van der Waals surface area contributed by atoms with Crippen LogP contribution in [-0.4, -0.2) is 22.4 Å². The molecule has 5 heteroatoms. The maximum absolute atomic E-state index is 5.40. The van der Waals surface area contributed by atoms with E-state index in [2.05, 4.69) is 53.6 Å². The Bertz CT molecular complexity index is 597. The van der Waals surface area contributed by atoms with Crippen LogP contribution in [0.3, 0.4) is 0 Å². The summed E-state index contributed by atoms with van der Waals surface area (Å²) in [5.74, 6) is 4.65. The topological polar surface area (TPSA) is 51.0 Å². The lowest BCUT2D eigenvalue weighted by Gasteiger charge is -2.05. The highest BCUT2D eigenvalue weighted by Crippen LogP contribution is 2.33. The average molecular weight is 303 g/mol. The number of nitrogens with zero attached hydrogens (tertiary/aromatic N) is 2. The van der Waals surface area contributed by atoms with Crippen LogP contribution in [0.15, 0.2) is 28.8 Å². The highest BCUT2D eigenvalue weighted by Gasteiger charge is 2.24. The number of benzene rings is 1. The van der Waals surface area contributed by atoms with Crippen LogP contribution in [0.1, 0.15) is 37.0 Å². The molecule has 1 atom stereocenters. The van der Waals surface area contributed by atoms with E-state index in [4.69, 9.17) is 4.52 Å². The van der Waals surface area contributed by atoms with Crippen molar-refractivity contribution in [1.82, 2.24) is 10.1 Å². The Kier molecular flexibility index (Phi) is 4.48. The van der Waals surface area contributed by atoms with Crippen LogP contribution in [0.4, 0.5) is 5.69 Å². The zero-order valence-corrected chi connectivity index (χ0v) is 13.3. The zero-order chi connectivity index (χ0) is 14.7. The van der Waals surface area contributed by atoms with Crippen molar-refractivity contribution in [2.24, 2.45) is 5.92 Å². The molecule has 2 aromatic rings. The molecule has 1 N–H and O–H groups in total. The first kappa shape index (κ1) is 14.4. The van der Waals surface area contributed by atoms with E-state index in [1.54, 1.807) is 0 Å². The summed E-state index contributed by atoms with van der Waals surface area (Å²) in [5, 5.41) is 7.51. The van der Waals surface area contributed by atoms with E-state index in [9.17, 15) is 0 Å². The molecule has 1 aromatic carbocycles. The molecule has 0 aliphatic carbocycles. The summed E-state index contributed by atoms with van der Waals surface area (Å²) in [6.45, 7) is 5.39. The number of aromatic nitrogens is 2. The normalized spacial score (nSPS) is 17.0. The summed E-state index contributed by atoms with van der Waals surface area (Å²) in [4.78, 5) is 4.52. The van der Waals surface area contributed by atoms with E-state index in [1.165, 1.54) is 11.3 Å². The molecule has 0 saturated heterocycles. The molecule has 0 saturated carbocycles. The van der Waals surface area contributed by atoms with Crippen molar-refractivity contribution < 1.29 is 4.52 Å². The van der Waals surface area contributed by atoms with Gasteiger partial charge >= 0.3 is 0 Å². The van der Waals surface area contributed by atoms with E-state index < -0.39 is 0 Å². The summed E-state index contributed by atoms with van der Waals surface area (Å²) in [7, 11) is 0. The second-order valence-corrected chi connectivity index (χ2v) is 6.91. The molecule has 3 rings (SSSR count). The lowest BCUT2D eigenvalue weighted by atomic mass is 9.98. The third kappa shape index (κ3) is 3.59. The minimum atomic E-state index is 0.429. The molecule has 2 heterocycles. The fourth-order valence-electron chi connectivity index (χ4n) is 2.57. The Morgan fingerprint density at radius 3 is 3.10 bits per heavy atom. The number of rotatable bonds is 6. The minimum absolute atomic E-state index is 0.429. The molecule has 1 unspecified atom stereocenters. The smallest absolute Gasteiger partial charge is 0.227 e. The van der Waals surface area contributed by atoms with Gasteiger partial charge in [0.1, 0.15) is 0 Å². The standard InChI is InChI=1S/C16H21N3OS/c1-11(2)9-21-10-15-18-16(20-19-15)7-12-8-17-14-6-4-3-5-13(12)14/h3-6,11-12,17H,7-10H2,1-2H3. The molecular formula is C16H21N3OS. The number of hydrogen-bond donors (Lipinski definition) is 1. The van der Waals surface area contributed by atoms with E-state index >= 15 is 0 Å². The van der Waals surface area contributed by atoms with E-state index in [0.29, 0.717) is 11.8 Å². The quantitative estimate of drug-likeness (QED) is 0.881. The monoisotopic (exact) mass is 303 g/mol. The van der Waals surface area contributed by atoms with Crippen LogP contribution >= 0.6 is 11.8 Å². The van der Waals surface area contributed by atoms with Gasteiger partial charge in [-0.15, -0.1) is 0 Å². The lowest BCUT2D eigenvalue weighted by Crippen LogP contribution is -2.05. The van der Waals surface area contributed by atoms with Gasteiger partial charge in [0.05, 0.1) is 5.75 Å². The fourth-order valence-corrected chi connectivity index (χ4v) is 3.46. The van der Waals surface area contributed by atoms with Crippen LogP contribution in [0.5, 0.6) is 0 Å². The number of thioether (sulfide) groups is 1. The summed E-state index contributed by atoms with van der Waals surface area (Å²) < 4.78 is 5.40. The van der Waals surface area contributed by atoms with Gasteiger partial charge in [-0.3, -0.25) is 0 Å². The number of fused-ring (bicyclic) bond motifs is 1. The highest BCUT2D eigenvalue weighted by molar-refractivity contribution is 7.98. The number of nitrogens with one attached hydrogen (secondary N) is 1. The Labute approximate surface area is 129 Å². The van der Waals surface area contributed by atoms with Crippen LogP contribution in [0.25, 0.3) is 0 Å². The van der Waals surface area contributed by atoms with Crippen molar-refractivity contribution in [3.05, 3.63) is 41.5 Å². The molecule has 1 aromatic heterocycles. The highest BCUT2D eigenvalue weighted by atomic mass is 32.2. The van der Waals surface area contributed by atoms with Gasteiger partial charge in [-0.1, -0.05) is 37.2 Å². The first-order valence-electron chi connectivity index (χ1n) is 7.44. The Morgan fingerprint density at radius 2 is 2.24 bits per heavy atom. The van der Waals surface area contributed by atoms with Crippen molar-refractivity contribution in [2.45, 2.75) is 31.9 Å². The third-order valence-corrected chi connectivity index (χ3v) is 4.92. The fraction of sp³-hybridized carbons (Fsp3) is 0.500. The van der Waals surface area contributed by atoms with E-state index in [-0.39, 0.29) is 0 Å². The SMILES string of the molecule is CC(C)CSCc1noc(CC2CNc3ccccc32)n1. The van der Waals surface area contributed by atoms with Crippen molar-refractivity contribution in [3.8, 4) is 0 Å². The number of hydrogen-bond acceptors (Lipinski definition) is 5. The third-order valence-electron chi connectivity index (χ3n) is 3.55. The minimum Gasteiger partial charge on any atom is -0.384 e. The van der Waals surface area contributed by atoms with Gasteiger partial charge in [-0.2, -0.15) is 16.7 Å². The van der Waals surface area contributed by atoms with Gasteiger partial charge < -0.3 is 9.84 Å². The zero-order valence-electron chi connectivity index (χ0n) is 12.5. The summed E-state index contributed by atoms with van der Waals surface area (Å²) in [6, 6.07) is 8.44. The average Bonchev–Trinajstić information content (AvgIpc) is 3.07. The first-order valence-corrected chi connectivity index (χ1v) is 8.60. The van der Waals surface area contributed by atoms with Crippen LogP contribution < -0.4 is 5.32 Å². The molecule has 0 bridgehead atoms. The molecule has 21 heavy (non-hydrogen) atoms. The second-order valence-electron chi connectivity index (χ2n) is 5.88.